The Balaban J connectivity index is 1.66. The fourth-order valence-electron chi connectivity index (χ4n) is 3.61. The lowest BCUT2D eigenvalue weighted by Gasteiger charge is -2.11. The standard InChI is InChI=1S/C24H20Cl2N2O4S/c1-32-22-11-10-17(25)12-20(22)27-24(29)14-28-13-23(18-7-3-5-9-21(18)28)33(30,31)15-16-6-2-4-8-19(16)26/h2-13H,14-15H2,1H3,(H,27,29). The number of benzene rings is 3. The third kappa shape index (κ3) is 5.00. The van der Waals surface area contributed by atoms with Crippen molar-refractivity contribution in [1.29, 1.82) is 0 Å². The zero-order valence-electron chi connectivity index (χ0n) is 17.6. The Morgan fingerprint density at radius 2 is 1.76 bits per heavy atom. The number of carbonyl (C=O) groups is 1. The van der Waals surface area contributed by atoms with E-state index in [1.807, 2.05) is 0 Å². The van der Waals surface area contributed by atoms with Gasteiger partial charge in [-0.05, 0) is 35.9 Å². The molecule has 0 aliphatic heterocycles. The molecule has 0 aliphatic rings. The zero-order chi connectivity index (χ0) is 23.6. The van der Waals surface area contributed by atoms with E-state index < -0.39 is 9.84 Å². The summed E-state index contributed by atoms with van der Waals surface area (Å²) in [6.45, 7) is -0.0994. The lowest BCUT2D eigenvalue weighted by atomic mass is 10.2. The summed E-state index contributed by atoms with van der Waals surface area (Å²) < 4.78 is 33.4. The highest BCUT2D eigenvalue weighted by molar-refractivity contribution is 7.90. The number of carbonyl (C=O) groups excluding carboxylic acids is 1. The number of hydrogen-bond acceptors (Lipinski definition) is 4. The number of nitrogens with one attached hydrogen (secondary N) is 1. The third-order valence-electron chi connectivity index (χ3n) is 5.14. The number of methoxy groups -OCH3 is 1. The number of rotatable bonds is 7. The first-order valence-electron chi connectivity index (χ1n) is 9.96. The maximum Gasteiger partial charge on any atom is 0.244 e. The summed E-state index contributed by atoms with van der Waals surface area (Å²) in [6.07, 6.45) is 1.49. The molecule has 0 spiro atoms. The molecule has 0 radical (unpaired) electrons. The van der Waals surface area contributed by atoms with Crippen LogP contribution in [0.3, 0.4) is 0 Å². The van der Waals surface area contributed by atoms with Crippen molar-refractivity contribution in [1.82, 2.24) is 4.57 Å². The molecule has 0 atom stereocenters. The van der Waals surface area contributed by atoms with Crippen LogP contribution in [-0.4, -0.2) is 26.0 Å². The molecule has 1 aromatic heterocycles. The van der Waals surface area contributed by atoms with Gasteiger partial charge in [0.2, 0.25) is 5.91 Å². The average molecular weight is 503 g/mol. The number of hydrogen-bond donors (Lipinski definition) is 1. The van der Waals surface area contributed by atoms with Gasteiger partial charge in [-0.3, -0.25) is 4.79 Å². The molecule has 3 aromatic carbocycles. The number of amides is 1. The van der Waals surface area contributed by atoms with Gasteiger partial charge in [-0.15, -0.1) is 0 Å². The van der Waals surface area contributed by atoms with Gasteiger partial charge in [0.25, 0.3) is 0 Å². The van der Waals surface area contributed by atoms with Gasteiger partial charge in [-0.1, -0.05) is 59.6 Å². The van der Waals surface area contributed by atoms with Crippen molar-refractivity contribution in [3.63, 3.8) is 0 Å². The highest BCUT2D eigenvalue weighted by Crippen LogP contribution is 2.30. The molecule has 1 amide bonds. The number of ether oxygens (including phenoxy) is 1. The number of aromatic nitrogens is 1. The number of anilines is 1. The van der Waals surface area contributed by atoms with Crippen LogP contribution in [0.4, 0.5) is 5.69 Å². The molecule has 0 unspecified atom stereocenters. The van der Waals surface area contributed by atoms with E-state index in [9.17, 15) is 13.2 Å². The molecule has 9 heteroatoms. The van der Waals surface area contributed by atoms with Crippen LogP contribution in [0, 0.1) is 0 Å². The van der Waals surface area contributed by atoms with Crippen molar-refractivity contribution in [2.45, 2.75) is 17.2 Å². The molecular weight excluding hydrogens is 483 g/mol. The van der Waals surface area contributed by atoms with Gasteiger partial charge in [0.05, 0.1) is 23.4 Å². The van der Waals surface area contributed by atoms with Gasteiger partial charge < -0.3 is 14.6 Å². The van der Waals surface area contributed by atoms with Crippen LogP contribution in [0.1, 0.15) is 5.56 Å². The van der Waals surface area contributed by atoms with Crippen LogP contribution < -0.4 is 10.1 Å². The Labute approximate surface area is 201 Å². The van der Waals surface area contributed by atoms with Crippen LogP contribution in [0.25, 0.3) is 10.9 Å². The molecule has 1 heterocycles. The van der Waals surface area contributed by atoms with Crippen LogP contribution in [-0.2, 0) is 26.9 Å². The van der Waals surface area contributed by atoms with E-state index in [2.05, 4.69) is 5.32 Å². The van der Waals surface area contributed by atoms with Crippen molar-refractivity contribution >= 4 is 55.5 Å². The van der Waals surface area contributed by atoms with Crippen LogP contribution >= 0.6 is 23.2 Å². The average Bonchev–Trinajstić information content (AvgIpc) is 3.15. The normalized spacial score (nSPS) is 11.5. The third-order valence-corrected chi connectivity index (χ3v) is 7.43. The smallest absolute Gasteiger partial charge is 0.244 e. The molecule has 0 bridgehead atoms. The van der Waals surface area contributed by atoms with Gasteiger partial charge in [-0.25, -0.2) is 8.42 Å². The van der Waals surface area contributed by atoms with Gasteiger partial charge in [0.1, 0.15) is 12.3 Å². The molecule has 0 saturated carbocycles. The van der Waals surface area contributed by atoms with E-state index in [-0.39, 0.29) is 23.1 Å². The first-order valence-corrected chi connectivity index (χ1v) is 12.4. The second-order valence-corrected chi connectivity index (χ2v) is 10.2. The highest BCUT2D eigenvalue weighted by atomic mass is 35.5. The molecule has 1 N–H and O–H groups in total. The fourth-order valence-corrected chi connectivity index (χ4v) is 5.68. The Morgan fingerprint density at radius 3 is 2.52 bits per heavy atom. The van der Waals surface area contributed by atoms with E-state index in [1.165, 1.54) is 13.3 Å². The minimum atomic E-state index is -3.73. The summed E-state index contributed by atoms with van der Waals surface area (Å²) in [4.78, 5) is 12.9. The second-order valence-electron chi connectivity index (χ2n) is 7.38. The van der Waals surface area contributed by atoms with Crippen LogP contribution in [0.2, 0.25) is 10.0 Å². The topological polar surface area (TPSA) is 77.4 Å². The van der Waals surface area contributed by atoms with E-state index in [0.29, 0.717) is 37.9 Å². The first kappa shape index (κ1) is 23.2. The monoisotopic (exact) mass is 502 g/mol. The molecule has 33 heavy (non-hydrogen) atoms. The first-order chi connectivity index (χ1) is 15.8. The van der Waals surface area contributed by atoms with Gasteiger partial charge in [-0.2, -0.15) is 0 Å². The number of halogens is 2. The van der Waals surface area contributed by atoms with Crippen LogP contribution in [0.5, 0.6) is 5.75 Å². The largest absolute Gasteiger partial charge is 0.495 e. The molecule has 4 aromatic rings. The molecule has 6 nitrogen and oxygen atoms in total. The molecular formula is C24H20Cl2N2O4S. The molecule has 170 valence electrons. The fraction of sp³-hybridized carbons (Fsp3) is 0.125. The van der Waals surface area contributed by atoms with E-state index in [1.54, 1.807) is 71.3 Å². The van der Waals surface area contributed by atoms with Crippen molar-refractivity contribution in [3.05, 3.63) is 88.5 Å². The Kier molecular flexibility index (Phi) is 6.65. The summed E-state index contributed by atoms with van der Waals surface area (Å²) in [5.74, 6) is -0.133. The lowest BCUT2D eigenvalue weighted by Crippen LogP contribution is -2.18. The molecule has 0 fully saturated rings. The molecule has 0 aliphatic carbocycles. The Morgan fingerprint density at radius 1 is 1.03 bits per heavy atom. The number of sulfone groups is 1. The zero-order valence-corrected chi connectivity index (χ0v) is 19.9. The van der Waals surface area contributed by atoms with E-state index in [4.69, 9.17) is 27.9 Å². The number of para-hydroxylation sites is 1. The Hall–Kier alpha value is -3.00. The molecule has 0 saturated heterocycles. The highest BCUT2D eigenvalue weighted by Gasteiger charge is 2.23. The minimum absolute atomic E-state index is 0.0994. The second kappa shape index (κ2) is 9.47. The summed E-state index contributed by atoms with van der Waals surface area (Å²) in [5.41, 5.74) is 1.57. The van der Waals surface area contributed by atoms with E-state index in [0.717, 1.165) is 0 Å². The maximum absolute atomic E-state index is 13.3. The minimum Gasteiger partial charge on any atom is -0.495 e. The van der Waals surface area contributed by atoms with Gasteiger partial charge in [0, 0.05) is 27.1 Å². The van der Waals surface area contributed by atoms with E-state index >= 15 is 0 Å². The van der Waals surface area contributed by atoms with Crippen molar-refractivity contribution in [2.75, 3.05) is 12.4 Å². The SMILES string of the molecule is COc1ccc(Cl)cc1NC(=O)Cn1cc(S(=O)(=O)Cc2ccccc2Cl)c2ccccc21. The molecule has 4 rings (SSSR count). The van der Waals surface area contributed by atoms with Crippen LogP contribution in [0.15, 0.2) is 77.8 Å². The predicted octanol–water partition coefficient (Wildman–Crippen LogP) is 5.57. The summed E-state index contributed by atoms with van der Waals surface area (Å²) in [5, 5.41) is 4.15. The van der Waals surface area contributed by atoms with Gasteiger partial charge >= 0.3 is 0 Å². The number of nitrogens with zero attached hydrogens (tertiary/aromatic N) is 1. The quantitative estimate of drug-likeness (QED) is 0.358. The van der Waals surface area contributed by atoms with Crippen molar-refractivity contribution < 1.29 is 17.9 Å². The maximum atomic E-state index is 13.3. The van der Waals surface area contributed by atoms with Crippen molar-refractivity contribution in [3.8, 4) is 5.75 Å². The lowest BCUT2D eigenvalue weighted by molar-refractivity contribution is -0.116. The Bertz CT molecular complexity index is 1450. The predicted molar refractivity (Wildman–Crippen MR) is 131 cm³/mol. The summed E-state index contributed by atoms with van der Waals surface area (Å²) >= 11 is 12.2. The summed E-state index contributed by atoms with van der Waals surface area (Å²) in [6, 6.07) is 18.8. The summed E-state index contributed by atoms with van der Waals surface area (Å²) in [7, 11) is -2.23. The number of fused-ring (bicyclic) bond motifs is 1. The van der Waals surface area contributed by atoms with Gasteiger partial charge in [0.15, 0.2) is 9.84 Å². The van der Waals surface area contributed by atoms with Crippen molar-refractivity contribution in [2.24, 2.45) is 0 Å².